The number of primary amides is 1. The van der Waals surface area contributed by atoms with Crippen molar-refractivity contribution in [1.82, 2.24) is 10.2 Å². The summed E-state index contributed by atoms with van der Waals surface area (Å²) in [4.78, 5) is 37.8. The van der Waals surface area contributed by atoms with E-state index in [2.05, 4.69) is 5.32 Å². The minimum Gasteiger partial charge on any atom is -0.489 e. The number of nitrogens with two attached hydrogens (primary N) is 1. The molecule has 0 saturated carbocycles. The van der Waals surface area contributed by atoms with Crippen molar-refractivity contribution < 1.29 is 19.1 Å². The Morgan fingerprint density at radius 2 is 1.83 bits per heavy atom. The molecule has 7 nitrogen and oxygen atoms in total. The van der Waals surface area contributed by atoms with E-state index in [-0.39, 0.29) is 5.91 Å². The Morgan fingerprint density at radius 3 is 2.47 bits per heavy atom. The van der Waals surface area contributed by atoms with Crippen LogP contribution in [-0.4, -0.2) is 42.3 Å². The number of amides is 3. The van der Waals surface area contributed by atoms with Gasteiger partial charge in [-0.05, 0) is 36.1 Å². The van der Waals surface area contributed by atoms with E-state index in [1.807, 2.05) is 30.3 Å². The molecule has 158 valence electrons. The van der Waals surface area contributed by atoms with Crippen LogP contribution in [0.25, 0.3) is 0 Å². The number of hydrogen-bond donors (Lipinski definition) is 2. The van der Waals surface area contributed by atoms with E-state index in [9.17, 15) is 14.4 Å². The molecule has 0 bridgehead atoms. The zero-order valence-electron chi connectivity index (χ0n) is 16.9. The van der Waals surface area contributed by atoms with Gasteiger partial charge in [-0.2, -0.15) is 0 Å². The third-order valence-electron chi connectivity index (χ3n) is 5.08. The van der Waals surface area contributed by atoms with Gasteiger partial charge in [-0.15, -0.1) is 0 Å². The van der Waals surface area contributed by atoms with Crippen LogP contribution in [0, 0.1) is 0 Å². The Hall–Kier alpha value is -3.35. The van der Waals surface area contributed by atoms with Gasteiger partial charge in [0.05, 0.1) is 0 Å². The average Bonchev–Trinajstić information content (AvgIpc) is 3.16. The highest BCUT2D eigenvalue weighted by atomic mass is 16.5. The van der Waals surface area contributed by atoms with Crippen LogP contribution in [0.2, 0.25) is 0 Å². The van der Waals surface area contributed by atoms with Gasteiger partial charge in [0.2, 0.25) is 17.7 Å². The Bertz CT molecular complexity index is 868. The first-order valence-electron chi connectivity index (χ1n) is 10.2. The van der Waals surface area contributed by atoms with Crippen molar-refractivity contribution in [2.24, 2.45) is 5.73 Å². The van der Waals surface area contributed by atoms with E-state index in [1.54, 1.807) is 29.2 Å². The Labute approximate surface area is 176 Å². The Kier molecular flexibility index (Phi) is 7.43. The second kappa shape index (κ2) is 10.4. The summed E-state index contributed by atoms with van der Waals surface area (Å²) in [6.45, 7) is 2.19. The number of nitrogens with one attached hydrogen (secondary N) is 1. The van der Waals surface area contributed by atoms with Crippen LogP contribution < -0.4 is 15.8 Å². The molecule has 3 rings (SSSR count). The fourth-order valence-corrected chi connectivity index (χ4v) is 3.47. The fraction of sp³-hybridized carbons (Fsp3) is 0.348. The quantitative estimate of drug-likeness (QED) is 0.463. The lowest BCUT2D eigenvalue weighted by Crippen LogP contribution is -2.38. The number of benzene rings is 2. The molecule has 0 spiro atoms. The van der Waals surface area contributed by atoms with Crippen molar-refractivity contribution in [2.75, 3.05) is 19.6 Å². The zero-order chi connectivity index (χ0) is 21.3. The molecule has 0 aliphatic carbocycles. The van der Waals surface area contributed by atoms with Crippen molar-refractivity contribution in [2.45, 2.75) is 31.8 Å². The second-order valence-electron chi connectivity index (χ2n) is 7.31. The van der Waals surface area contributed by atoms with Crippen molar-refractivity contribution in [3.63, 3.8) is 0 Å². The van der Waals surface area contributed by atoms with Crippen LogP contribution >= 0.6 is 0 Å². The Balaban J connectivity index is 1.51. The third kappa shape index (κ3) is 5.83. The molecule has 3 amide bonds. The summed E-state index contributed by atoms with van der Waals surface area (Å²) in [5.41, 5.74) is 7.04. The van der Waals surface area contributed by atoms with Crippen molar-refractivity contribution in [3.8, 4) is 5.75 Å². The molecule has 1 saturated heterocycles. The maximum absolute atomic E-state index is 12.5. The maximum Gasteiger partial charge on any atom is 0.237 e. The van der Waals surface area contributed by atoms with Gasteiger partial charge in [-0.1, -0.05) is 42.5 Å². The third-order valence-corrected chi connectivity index (χ3v) is 5.08. The summed E-state index contributed by atoms with van der Waals surface area (Å²) < 4.78 is 5.74. The van der Waals surface area contributed by atoms with Gasteiger partial charge < -0.3 is 20.7 Å². The van der Waals surface area contributed by atoms with Gasteiger partial charge in [-0.3, -0.25) is 14.4 Å². The van der Waals surface area contributed by atoms with Gasteiger partial charge in [-0.25, -0.2) is 0 Å². The summed E-state index contributed by atoms with van der Waals surface area (Å²) in [6, 6.07) is 16.6. The van der Waals surface area contributed by atoms with Gasteiger partial charge in [0, 0.05) is 26.1 Å². The summed E-state index contributed by atoms with van der Waals surface area (Å²) in [5, 5.41) is 2.75. The number of ether oxygens (including phenoxy) is 1. The SMILES string of the molecule is NC(=O)C(C(=O)NCCCN1CCCC1=O)c1ccc(OCc2ccccc2)cc1. The second-order valence-corrected chi connectivity index (χ2v) is 7.31. The predicted molar refractivity (Wildman–Crippen MR) is 113 cm³/mol. The van der Waals surface area contributed by atoms with E-state index < -0.39 is 17.7 Å². The normalized spacial score (nSPS) is 14.4. The van der Waals surface area contributed by atoms with Crippen LogP contribution in [0.15, 0.2) is 54.6 Å². The Morgan fingerprint density at radius 1 is 1.10 bits per heavy atom. The highest BCUT2D eigenvalue weighted by Crippen LogP contribution is 2.21. The van der Waals surface area contributed by atoms with Crippen molar-refractivity contribution >= 4 is 17.7 Å². The molecule has 3 N–H and O–H groups in total. The molecule has 1 unspecified atom stereocenters. The van der Waals surface area contributed by atoms with E-state index in [4.69, 9.17) is 10.5 Å². The topological polar surface area (TPSA) is 102 Å². The number of carbonyl (C=O) groups is 3. The average molecular weight is 409 g/mol. The van der Waals surface area contributed by atoms with Gasteiger partial charge in [0.25, 0.3) is 0 Å². The molecule has 0 aromatic heterocycles. The molecular weight excluding hydrogens is 382 g/mol. The molecule has 0 radical (unpaired) electrons. The zero-order valence-corrected chi connectivity index (χ0v) is 16.9. The molecular formula is C23H27N3O4. The first kappa shape index (κ1) is 21.4. The number of hydrogen-bond acceptors (Lipinski definition) is 4. The summed E-state index contributed by atoms with van der Waals surface area (Å²) >= 11 is 0. The first-order chi connectivity index (χ1) is 14.5. The van der Waals surface area contributed by atoms with E-state index in [1.165, 1.54) is 0 Å². The van der Waals surface area contributed by atoms with Gasteiger partial charge in [0.15, 0.2) is 0 Å². The number of rotatable bonds is 10. The molecule has 1 fully saturated rings. The molecule has 1 heterocycles. The lowest BCUT2D eigenvalue weighted by Gasteiger charge is -2.17. The molecule has 1 aliphatic heterocycles. The first-order valence-corrected chi connectivity index (χ1v) is 10.2. The highest BCUT2D eigenvalue weighted by Gasteiger charge is 2.26. The van der Waals surface area contributed by atoms with E-state index in [0.717, 1.165) is 18.5 Å². The van der Waals surface area contributed by atoms with E-state index in [0.29, 0.717) is 43.9 Å². The summed E-state index contributed by atoms with van der Waals surface area (Å²) in [6.07, 6.45) is 2.12. The lowest BCUT2D eigenvalue weighted by atomic mass is 9.97. The van der Waals surface area contributed by atoms with Crippen LogP contribution in [0.5, 0.6) is 5.75 Å². The van der Waals surface area contributed by atoms with Gasteiger partial charge in [0.1, 0.15) is 18.3 Å². The maximum atomic E-state index is 12.5. The number of nitrogens with zero attached hydrogens (tertiary/aromatic N) is 1. The van der Waals surface area contributed by atoms with Crippen LogP contribution in [0.3, 0.4) is 0 Å². The molecule has 7 heteroatoms. The summed E-state index contributed by atoms with van der Waals surface area (Å²) in [7, 11) is 0. The monoisotopic (exact) mass is 409 g/mol. The lowest BCUT2D eigenvalue weighted by molar-refractivity contribution is -0.130. The molecule has 1 atom stereocenters. The number of likely N-dealkylation sites (tertiary alicyclic amines) is 1. The largest absolute Gasteiger partial charge is 0.489 e. The van der Waals surface area contributed by atoms with Crippen molar-refractivity contribution in [3.05, 3.63) is 65.7 Å². The smallest absolute Gasteiger partial charge is 0.237 e. The minimum absolute atomic E-state index is 0.158. The molecule has 1 aliphatic rings. The van der Waals surface area contributed by atoms with Crippen LogP contribution in [0.4, 0.5) is 0 Å². The summed E-state index contributed by atoms with van der Waals surface area (Å²) in [5.74, 6) is -1.41. The highest BCUT2D eigenvalue weighted by molar-refractivity contribution is 6.05. The molecule has 2 aromatic carbocycles. The predicted octanol–water partition coefficient (Wildman–Crippen LogP) is 1.96. The molecule has 30 heavy (non-hydrogen) atoms. The minimum atomic E-state index is -1.07. The van der Waals surface area contributed by atoms with E-state index >= 15 is 0 Å². The number of carbonyl (C=O) groups excluding carboxylic acids is 3. The van der Waals surface area contributed by atoms with Crippen LogP contribution in [-0.2, 0) is 21.0 Å². The van der Waals surface area contributed by atoms with Crippen LogP contribution in [0.1, 0.15) is 36.3 Å². The molecule has 2 aromatic rings. The fourth-order valence-electron chi connectivity index (χ4n) is 3.47. The van der Waals surface area contributed by atoms with Crippen molar-refractivity contribution in [1.29, 1.82) is 0 Å². The van der Waals surface area contributed by atoms with Gasteiger partial charge >= 0.3 is 0 Å². The standard InChI is InChI=1S/C23H27N3O4/c24-22(28)21(23(29)25-13-5-15-26-14-4-8-20(26)27)18-9-11-19(12-10-18)30-16-17-6-2-1-3-7-17/h1-3,6-7,9-12,21H,4-5,8,13-16H2,(H2,24,28)(H,25,29).